The van der Waals surface area contributed by atoms with Gasteiger partial charge in [-0.15, -0.1) is 0 Å². The first kappa shape index (κ1) is 6.88. The van der Waals surface area contributed by atoms with Gasteiger partial charge in [-0.3, -0.25) is 4.90 Å². The van der Waals surface area contributed by atoms with E-state index >= 15 is 0 Å². The predicted molar refractivity (Wildman–Crippen MR) is 39.5 cm³/mol. The molecule has 0 radical (unpaired) electrons. The van der Waals surface area contributed by atoms with Gasteiger partial charge in [0.25, 0.3) is 0 Å². The molecule has 0 atom stereocenters. The van der Waals surface area contributed by atoms with Gasteiger partial charge in [-0.05, 0) is 0 Å². The van der Waals surface area contributed by atoms with Crippen LogP contribution in [0.1, 0.15) is 13.8 Å². The predicted octanol–water partition coefficient (Wildman–Crippen LogP) is 1.84. The van der Waals surface area contributed by atoms with Crippen LogP contribution < -0.4 is 0 Å². The van der Waals surface area contributed by atoms with E-state index in [4.69, 9.17) is 5.26 Å². The molecule has 0 spiro atoms. The minimum atomic E-state index is 0.105. The van der Waals surface area contributed by atoms with Gasteiger partial charge in [0, 0.05) is 17.8 Å². The highest BCUT2D eigenvalue weighted by Gasteiger charge is 2.12. The fraction of sp³-hybridized carbons (Fsp3) is 0.375. The smallest absolute Gasteiger partial charge is 0.188 e. The molecule has 52 valence electrons. The molecule has 0 fully saturated rings. The summed E-state index contributed by atoms with van der Waals surface area (Å²) in [6.45, 7) is 4.18. The average Bonchev–Trinajstić information content (AvgIpc) is 1.88. The molecule has 0 amide bonds. The topological polar surface area (TPSA) is 27.0 Å². The monoisotopic (exact) mass is 134 g/mol. The summed E-state index contributed by atoms with van der Waals surface area (Å²) in [6.07, 6.45) is 9.55. The van der Waals surface area contributed by atoms with Crippen molar-refractivity contribution in [3.05, 3.63) is 24.6 Å². The van der Waals surface area contributed by atoms with E-state index in [1.54, 1.807) is 12.4 Å². The van der Waals surface area contributed by atoms with Crippen molar-refractivity contribution < 1.29 is 0 Å². The summed E-state index contributed by atoms with van der Waals surface area (Å²) in [6, 6.07) is 0. The van der Waals surface area contributed by atoms with Gasteiger partial charge in [0.15, 0.2) is 6.19 Å². The molecule has 0 aromatic carbocycles. The van der Waals surface area contributed by atoms with Crippen molar-refractivity contribution in [3.8, 4) is 6.19 Å². The van der Waals surface area contributed by atoms with E-state index in [1.807, 2.05) is 18.3 Å². The molecule has 0 aromatic rings. The van der Waals surface area contributed by atoms with Gasteiger partial charge in [0.1, 0.15) is 0 Å². The molecule has 0 N–H and O–H groups in total. The van der Waals surface area contributed by atoms with E-state index in [9.17, 15) is 0 Å². The highest BCUT2D eigenvalue weighted by atomic mass is 15.1. The van der Waals surface area contributed by atoms with Crippen LogP contribution in [-0.2, 0) is 0 Å². The van der Waals surface area contributed by atoms with E-state index in [2.05, 4.69) is 13.8 Å². The molecule has 0 aromatic heterocycles. The minimum Gasteiger partial charge on any atom is -0.263 e. The molecule has 2 heteroatoms. The van der Waals surface area contributed by atoms with E-state index in [0.29, 0.717) is 0 Å². The fourth-order valence-corrected chi connectivity index (χ4v) is 0.717. The number of allylic oxidation sites excluding steroid dienone is 2. The maximum absolute atomic E-state index is 8.43. The van der Waals surface area contributed by atoms with Crippen LogP contribution in [0, 0.1) is 16.9 Å². The number of hydrogen-bond donors (Lipinski definition) is 0. The largest absolute Gasteiger partial charge is 0.263 e. The van der Waals surface area contributed by atoms with Crippen molar-refractivity contribution in [2.45, 2.75) is 13.8 Å². The first-order valence-corrected chi connectivity index (χ1v) is 3.21. The third kappa shape index (κ3) is 1.38. The van der Waals surface area contributed by atoms with Gasteiger partial charge in [0.05, 0.1) is 0 Å². The number of nitrogens with zero attached hydrogens (tertiary/aromatic N) is 2. The normalized spacial score (nSPS) is 20.7. The zero-order chi connectivity index (χ0) is 7.61. The second kappa shape index (κ2) is 2.18. The van der Waals surface area contributed by atoms with Crippen LogP contribution in [0.4, 0.5) is 0 Å². The van der Waals surface area contributed by atoms with E-state index in [-0.39, 0.29) is 5.41 Å². The lowest BCUT2D eigenvalue weighted by Crippen LogP contribution is -2.12. The Balaban J connectivity index is 2.73. The second-order valence-corrected chi connectivity index (χ2v) is 2.96. The summed E-state index contributed by atoms with van der Waals surface area (Å²) in [5, 5.41) is 8.43. The van der Waals surface area contributed by atoms with E-state index in [1.165, 1.54) is 4.90 Å². The van der Waals surface area contributed by atoms with E-state index < -0.39 is 0 Å². The van der Waals surface area contributed by atoms with Crippen molar-refractivity contribution in [2.24, 2.45) is 5.41 Å². The Hall–Kier alpha value is -1.23. The third-order valence-corrected chi connectivity index (χ3v) is 1.44. The highest BCUT2D eigenvalue weighted by molar-refractivity contribution is 5.15. The van der Waals surface area contributed by atoms with Gasteiger partial charge < -0.3 is 0 Å². The number of rotatable bonds is 0. The molecule has 0 saturated carbocycles. The van der Waals surface area contributed by atoms with Gasteiger partial charge in [-0.1, -0.05) is 26.0 Å². The van der Waals surface area contributed by atoms with Crippen molar-refractivity contribution >= 4 is 0 Å². The molecule has 10 heavy (non-hydrogen) atoms. The molecule has 1 heterocycles. The molecule has 0 bridgehead atoms. The molecule has 0 unspecified atom stereocenters. The Morgan fingerprint density at radius 2 is 1.80 bits per heavy atom. The van der Waals surface area contributed by atoms with Crippen molar-refractivity contribution in [1.29, 1.82) is 5.26 Å². The lowest BCUT2D eigenvalue weighted by Gasteiger charge is -2.20. The van der Waals surface area contributed by atoms with Gasteiger partial charge in [-0.25, -0.2) is 0 Å². The van der Waals surface area contributed by atoms with Crippen LogP contribution in [0.3, 0.4) is 0 Å². The lowest BCUT2D eigenvalue weighted by molar-refractivity contribution is 0.560. The maximum Gasteiger partial charge on any atom is 0.188 e. The van der Waals surface area contributed by atoms with Crippen LogP contribution in [0.5, 0.6) is 0 Å². The van der Waals surface area contributed by atoms with Crippen molar-refractivity contribution in [3.63, 3.8) is 0 Å². The van der Waals surface area contributed by atoms with Crippen LogP contribution in [0.2, 0.25) is 0 Å². The summed E-state index contributed by atoms with van der Waals surface area (Å²) in [5.41, 5.74) is 0.105. The summed E-state index contributed by atoms with van der Waals surface area (Å²) in [7, 11) is 0. The molecule has 1 aliphatic heterocycles. The number of nitriles is 1. The molecule has 0 aliphatic carbocycles. The zero-order valence-electron chi connectivity index (χ0n) is 6.20. The lowest BCUT2D eigenvalue weighted by atomic mass is 9.92. The quantitative estimate of drug-likeness (QED) is 0.472. The van der Waals surface area contributed by atoms with Crippen LogP contribution in [0.15, 0.2) is 24.6 Å². The second-order valence-electron chi connectivity index (χ2n) is 2.96. The maximum atomic E-state index is 8.43. The van der Waals surface area contributed by atoms with Crippen LogP contribution in [0.25, 0.3) is 0 Å². The van der Waals surface area contributed by atoms with Crippen LogP contribution in [-0.4, -0.2) is 4.90 Å². The summed E-state index contributed by atoms with van der Waals surface area (Å²) < 4.78 is 0. The highest BCUT2D eigenvalue weighted by Crippen LogP contribution is 2.22. The Bertz CT molecular complexity index is 202. The Kier molecular flexibility index (Phi) is 1.50. The fourth-order valence-electron chi connectivity index (χ4n) is 0.717. The third-order valence-electron chi connectivity index (χ3n) is 1.44. The Morgan fingerprint density at radius 3 is 2.20 bits per heavy atom. The summed E-state index contributed by atoms with van der Waals surface area (Å²) in [4.78, 5) is 1.48. The summed E-state index contributed by atoms with van der Waals surface area (Å²) in [5.74, 6) is 0. The molecular formula is C8H10N2. The Morgan fingerprint density at radius 1 is 1.30 bits per heavy atom. The van der Waals surface area contributed by atoms with E-state index in [0.717, 1.165) is 0 Å². The minimum absolute atomic E-state index is 0.105. The molecule has 1 rings (SSSR count). The summed E-state index contributed by atoms with van der Waals surface area (Å²) >= 11 is 0. The van der Waals surface area contributed by atoms with Crippen molar-refractivity contribution in [2.75, 3.05) is 0 Å². The molecular weight excluding hydrogens is 124 g/mol. The van der Waals surface area contributed by atoms with Gasteiger partial charge >= 0.3 is 0 Å². The van der Waals surface area contributed by atoms with Crippen LogP contribution >= 0.6 is 0 Å². The first-order valence-electron chi connectivity index (χ1n) is 3.21. The van der Waals surface area contributed by atoms with Gasteiger partial charge in [-0.2, -0.15) is 5.26 Å². The SMILES string of the molecule is CC1(C)C=CN(C#N)C=C1. The van der Waals surface area contributed by atoms with Crippen molar-refractivity contribution in [1.82, 2.24) is 4.90 Å². The zero-order valence-corrected chi connectivity index (χ0v) is 6.20. The average molecular weight is 134 g/mol. The molecule has 2 nitrogen and oxygen atoms in total. The first-order chi connectivity index (χ1) is 4.64. The molecule has 1 aliphatic rings. The Labute approximate surface area is 61.1 Å². The number of hydrogen-bond acceptors (Lipinski definition) is 2. The van der Waals surface area contributed by atoms with Gasteiger partial charge in [0.2, 0.25) is 0 Å². The standard InChI is InChI=1S/C8H10N2/c1-8(2)3-5-10(7-9)6-4-8/h3-6H,1-2H3. The molecule has 0 saturated heterocycles.